The van der Waals surface area contributed by atoms with Crippen molar-refractivity contribution in [3.63, 3.8) is 0 Å². The number of hydrogen-bond donors (Lipinski definition) is 1. The molecule has 1 aromatic carbocycles. The van der Waals surface area contributed by atoms with Gasteiger partial charge in [0.25, 0.3) is 0 Å². The second-order valence-electron chi connectivity index (χ2n) is 4.54. The van der Waals surface area contributed by atoms with Gasteiger partial charge in [0.05, 0.1) is 16.2 Å². The molecule has 1 N–H and O–H groups in total. The molecule has 0 radical (unpaired) electrons. The molecule has 0 spiro atoms. The Hall–Kier alpha value is -1.72. The van der Waals surface area contributed by atoms with E-state index in [9.17, 15) is 0 Å². The van der Waals surface area contributed by atoms with Gasteiger partial charge in [-0.15, -0.1) is 0 Å². The topological polar surface area (TPSA) is 42.7 Å². The molecule has 0 amide bonds. The van der Waals surface area contributed by atoms with E-state index < -0.39 is 0 Å². The van der Waals surface area contributed by atoms with Crippen molar-refractivity contribution in [3.05, 3.63) is 52.8 Å². The predicted octanol–water partition coefficient (Wildman–Crippen LogP) is 3.29. The Morgan fingerprint density at radius 1 is 1.30 bits per heavy atom. The highest BCUT2D eigenvalue weighted by molar-refractivity contribution is 9.10. The highest BCUT2D eigenvalue weighted by atomic mass is 79.9. The van der Waals surface area contributed by atoms with Crippen LogP contribution in [0.15, 0.2) is 47.2 Å². The van der Waals surface area contributed by atoms with Crippen LogP contribution in [0.1, 0.15) is 12.5 Å². The maximum Gasteiger partial charge on any atom is 0.154 e. The van der Waals surface area contributed by atoms with E-state index in [1.54, 1.807) is 10.9 Å². The quantitative estimate of drug-likeness (QED) is 0.798. The lowest BCUT2D eigenvalue weighted by Gasteiger charge is -2.10. The first kappa shape index (κ1) is 13.3. The van der Waals surface area contributed by atoms with Crippen molar-refractivity contribution in [1.82, 2.24) is 20.1 Å². The highest BCUT2D eigenvalue weighted by Gasteiger charge is 2.07. The van der Waals surface area contributed by atoms with E-state index in [-0.39, 0.29) is 0 Å². The van der Waals surface area contributed by atoms with Gasteiger partial charge < -0.3 is 5.32 Å². The summed E-state index contributed by atoms with van der Waals surface area (Å²) in [7, 11) is 0. The third kappa shape index (κ3) is 2.59. The number of rotatable bonds is 4. The van der Waals surface area contributed by atoms with Crippen molar-refractivity contribution >= 4 is 26.8 Å². The van der Waals surface area contributed by atoms with Crippen molar-refractivity contribution in [2.45, 2.75) is 13.5 Å². The summed E-state index contributed by atoms with van der Waals surface area (Å²) in [5.74, 6) is 0.835. The van der Waals surface area contributed by atoms with Crippen LogP contribution in [-0.2, 0) is 6.54 Å². The molecule has 0 aliphatic carbocycles. The van der Waals surface area contributed by atoms with Crippen molar-refractivity contribution in [3.8, 4) is 5.82 Å². The number of hydrogen-bond acceptors (Lipinski definition) is 3. The first-order chi connectivity index (χ1) is 9.78. The highest BCUT2D eigenvalue weighted by Crippen LogP contribution is 2.21. The fourth-order valence-corrected chi connectivity index (χ4v) is 2.47. The first-order valence-corrected chi connectivity index (χ1v) is 7.37. The minimum absolute atomic E-state index is 0.828. The van der Waals surface area contributed by atoms with Gasteiger partial charge in [-0.3, -0.25) is 0 Å². The van der Waals surface area contributed by atoms with E-state index in [0.717, 1.165) is 28.9 Å². The second-order valence-corrected chi connectivity index (χ2v) is 5.46. The van der Waals surface area contributed by atoms with Crippen LogP contribution < -0.4 is 5.32 Å². The average Bonchev–Trinajstić information content (AvgIpc) is 2.91. The molecule has 0 aliphatic heterocycles. The molecule has 0 unspecified atom stereocenters. The summed E-state index contributed by atoms with van der Waals surface area (Å²) in [4.78, 5) is 4.68. The van der Waals surface area contributed by atoms with Gasteiger partial charge in [-0.25, -0.2) is 9.67 Å². The summed E-state index contributed by atoms with van der Waals surface area (Å²) in [6, 6.07) is 10.3. The summed E-state index contributed by atoms with van der Waals surface area (Å²) in [5, 5.41) is 8.86. The molecule has 2 aromatic heterocycles. The van der Waals surface area contributed by atoms with Gasteiger partial charge in [-0.1, -0.05) is 25.1 Å². The van der Waals surface area contributed by atoms with E-state index in [1.807, 2.05) is 24.4 Å². The fraction of sp³-hybridized carbons (Fsp3) is 0.200. The van der Waals surface area contributed by atoms with Crippen molar-refractivity contribution < 1.29 is 0 Å². The number of halogens is 1. The van der Waals surface area contributed by atoms with Crippen LogP contribution in [0.4, 0.5) is 0 Å². The first-order valence-electron chi connectivity index (χ1n) is 6.58. The molecule has 2 heterocycles. The number of aromatic nitrogens is 3. The van der Waals surface area contributed by atoms with Crippen molar-refractivity contribution in [2.75, 3.05) is 6.54 Å². The van der Waals surface area contributed by atoms with Crippen LogP contribution in [0.3, 0.4) is 0 Å². The molecule has 0 aliphatic rings. The lowest BCUT2D eigenvalue weighted by Crippen LogP contribution is -2.13. The van der Waals surface area contributed by atoms with E-state index in [2.05, 4.69) is 50.4 Å². The third-order valence-electron chi connectivity index (χ3n) is 3.14. The Morgan fingerprint density at radius 2 is 2.15 bits per heavy atom. The summed E-state index contributed by atoms with van der Waals surface area (Å²) in [6.45, 7) is 3.88. The Balaban J connectivity index is 2.14. The zero-order valence-corrected chi connectivity index (χ0v) is 12.8. The van der Waals surface area contributed by atoms with E-state index in [0.29, 0.717) is 0 Å². The van der Waals surface area contributed by atoms with Gasteiger partial charge in [-0.05, 0) is 40.2 Å². The van der Waals surface area contributed by atoms with Gasteiger partial charge in [0.15, 0.2) is 5.82 Å². The Bertz CT molecular complexity index is 736. The molecular formula is C15H15BrN4. The van der Waals surface area contributed by atoms with Gasteiger partial charge in [0, 0.05) is 18.1 Å². The largest absolute Gasteiger partial charge is 0.313 e. The second kappa shape index (κ2) is 5.73. The average molecular weight is 331 g/mol. The minimum atomic E-state index is 0.828. The number of para-hydroxylation sites is 1. The summed E-state index contributed by atoms with van der Waals surface area (Å²) in [6.07, 6.45) is 3.68. The SMILES string of the molecule is CCNCc1cc(-n2cc(Br)cn2)nc2ccccc12. The zero-order chi connectivity index (χ0) is 13.9. The summed E-state index contributed by atoms with van der Waals surface area (Å²) in [5.41, 5.74) is 2.23. The third-order valence-corrected chi connectivity index (χ3v) is 3.55. The van der Waals surface area contributed by atoms with Gasteiger partial charge in [0.2, 0.25) is 0 Å². The molecule has 4 nitrogen and oxygen atoms in total. The standard InChI is InChI=1S/C15H15BrN4/c1-2-17-8-11-7-15(20-10-12(16)9-18-20)19-14-6-4-3-5-13(11)14/h3-7,9-10,17H,2,8H2,1H3. The molecular weight excluding hydrogens is 316 g/mol. The molecule has 0 fully saturated rings. The zero-order valence-electron chi connectivity index (χ0n) is 11.2. The molecule has 0 saturated heterocycles. The molecule has 3 aromatic rings. The lowest BCUT2D eigenvalue weighted by molar-refractivity contribution is 0.728. The predicted molar refractivity (Wildman–Crippen MR) is 83.9 cm³/mol. The molecule has 0 bridgehead atoms. The number of pyridine rings is 1. The lowest BCUT2D eigenvalue weighted by atomic mass is 10.1. The molecule has 0 atom stereocenters. The Morgan fingerprint density at radius 3 is 2.90 bits per heavy atom. The van der Waals surface area contributed by atoms with Gasteiger partial charge in [0.1, 0.15) is 0 Å². The minimum Gasteiger partial charge on any atom is -0.313 e. The fourth-order valence-electron chi connectivity index (χ4n) is 2.18. The van der Waals surface area contributed by atoms with Crippen LogP contribution in [0.2, 0.25) is 0 Å². The van der Waals surface area contributed by atoms with Crippen LogP contribution in [0, 0.1) is 0 Å². The summed E-state index contributed by atoms with van der Waals surface area (Å²) >= 11 is 3.42. The van der Waals surface area contributed by atoms with E-state index in [4.69, 9.17) is 0 Å². The normalized spacial score (nSPS) is 11.1. The Kier molecular flexibility index (Phi) is 3.80. The molecule has 20 heavy (non-hydrogen) atoms. The van der Waals surface area contributed by atoms with Crippen molar-refractivity contribution in [1.29, 1.82) is 0 Å². The maximum atomic E-state index is 4.68. The van der Waals surface area contributed by atoms with Gasteiger partial charge in [-0.2, -0.15) is 5.10 Å². The van der Waals surface area contributed by atoms with Crippen LogP contribution in [-0.4, -0.2) is 21.3 Å². The molecule has 0 saturated carbocycles. The number of nitrogens with one attached hydrogen (secondary N) is 1. The molecule has 102 valence electrons. The molecule has 3 rings (SSSR count). The number of benzene rings is 1. The monoisotopic (exact) mass is 330 g/mol. The van der Waals surface area contributed by atoms with E-state index >= 15 is 0 Å². The smallest absolute Gasteiger partial charge is 0.154 e. The van der Waals surface area contributed by atoms with Crippen LogP contribution in [0.5, 0.6) is 0 Å². The van der Waals surface area contributed by atoms with E-state index in [1.165, 1.54) is 10.9 Å². The van der Waals surface area contributed by atoms with Crippen molar-refractivity contribution in [2.24, 2.45) is 0 Å². The van der Waals surface area contributed by atoms with Crippen LogP contribution in [0.25, 0.3) is 16.7 Å². The summed E-state index contributed by atoms with van der Waals surface area (Å²) < 4.78 is 2.73. The number of fused-ring (bicyclic) bond motifs is 1. The molecule has 5 heteroatoms. The number of nitrogens with zero attached hydrogens (tertiary/aromatic N) is 3. The Labute approximate surface area is 126 Å². The van der Waals surface area contributed by atoms with Crippen LogP contribution >= 0.6 is 15.9 Å². The maximum absolute atomic E-state index is 4.68. The van der Waals surface area contributed by atoms with Gasteiger partial charge >= 0.3 is 0 Å².